The van der Waals surface area contributed by atoms with E-state index in [1.165, 1.54) is 6.92 Å². The molecular formula is C33H45FN4O6P2. The molecule has 4 rings (SSSR count). The number of fused-ring (bicyclic) bond motifs is 1. The van der Waals surface area contributed by atoms with E-state index in [1.54, 1.807) is 8.93 Å². The largest absolute Gasteiger partial charge is 0.410 e. The average molecular weight is 675 g/mol. The number of halogens is 1. The lowest BCUT2D eigenvalue weighted by Crippen LogP contribution is -2.58. The molecule has 3 aromatic rings. The van der Waals surface area contributed by atoms with E-state index < -0.39 is 20.4 Å². The Bertz CT molecular complexity index is 1450. The number of nitrogens with zero attached hydrogens (tertiary/aromatic N) is 3. The zero-order chi connectivity index (χ0) is 33.1. The van der Waals surface area contributed by atoms with E-state index in [0.29, 0.717) is 19.6 Å². The number of aromatic nitrogens is 3. The van der Waals surface area contributed by atoms with Crippen molar-refractivity contribution in [2.45, 2.75) is 97.1 Å². The van der Waals surface area contributed by atoms with Crippen molar-refractivity contribution in [3.05, 3.63) is 48.7 Å². The summed E-state index contributed by atoms with van der Waals surface area (Å²) in [5.41, 5.74) is 1.83. The lowest BCUT2D eigenvalue weighted by molar-refractivity contribution is -0.239. The molecule has 0 bridgehead atoms. The number of unbranched alkanes of at least 4 members (excludes halogenated alkanes) is 4. The van der Waals surface area contributed by atoms with Crippen molar-refractivity contribution >= 4 is 45.5 Å². The molecule has 1 N–H and O–H groups in total. The van der Waals surface area contributed by atoms with Gasteiger partial charge in [-0.15, -0.1) is 5.10 Å². The van der Waals surface area contributed by atoms with Gasteiger partial charge in [0.25, 0.3) is 8.15 Å². The standard InChI is InChI=1S/C33H45FN4O6P2/c1-22-23(2)32(35-24(3)39)33(42-19-10-6-4-5-7-14-26(40)17-18-31(41)44-46(34)45)43-30(22)21-38-20-29(36-37-38)28-16-11-13-25-12-8-9-15-27(25)28/h8-9,11-13,15-16,20,22-23,30,32-33H,4-7,10,14,17-19,21,45H2,1-3H3,(H,35,39). The van der Waals surface area contributed by atoms with Crippen LogP contribution in [0.2, 0.25) is 0 Å². The van der Waals surface area contributed by atoms with E-state index >= 15 is 0 Å². The first-order valence-electron chi connectivity index (χ1n) is 16.0. The van der Waals surface area contributed by atoms with Gasteiger partial charge in [0.1, 0.15) is 11.5 Å². The summed E-state index contributed by atoms with van der Waals surface area (Å²) in [6, 6.07) is 14.1. The topological polar surface area (TPSA) is 122 Å². The normalized spacial score (nSPS) is 22.0. The van der Waals surface area contributed by atoms with Crippen LogP contribution in [-0.2, 0) is 34.9 Å². The molecule has 2 aromatic carbocycles. The van der Waals surface area contributed by atoms with Crippen LogP contribution in [0.4, 0.5) is 4.20 Å². The lowest BCUT2D eigenvalue weighted by atomic mass is 9.82. The summed E-state index contributed by atoms with van der Waals surface area (Å²) >= 11 is 0. The summed E-state index contributed by atoms with van der Waals surface area (Å²) in [4.78, 5) is 35.4. The minimum atomic E-state index is -2.32. The van der Waals surface area contributed by atoms with Crippen LogP contribution in [0.1, 0.15) is 72.1 Å². The number of ketones is 1. The number of carbonyl (C=O) groups excluding carboxylic acids is 3. The highest BCUT2D eigenvalue weighted by Gasteiger charge is 2.42. The van der Waals surface area contributed by atoms with Gasteiger partial charge in [0.2, 0.25) is 5.91 Å². The van der Waals surface area contributed by atoms with Gasteiger partial charge in [-0.3, -0.25) is 14.4 Å². The van der Waals surface area contributed by atoms with Crippen molar-refractivity contribution in [3.63, 3.8) is 0 Å². The highest BCUT2D eigenvalue weighted by Crippen LogP contribution is 2.47. The second kappa shape index (κ2) is 17.9. The van der Waals surface area contributed by atoms with Gasteiger partial charge in [0, 0.05) is 31.9 Å². The average Bonchev–Trinajstić information content (AvgIpc) is 3.49. The Morgan fingerprint density at radius 2 is 1.74 bits per heavy atom. The summed E-state index contributed by atoms with van der Waals surface area (Å²) in [7, 11) is -0.515. The van der Waals surface area contributed by atoms with Gasteiger partial charge in [-0.2, -0.15) is 4.20 Å². The molecule has 1 aliphatic rings. The molecule has 7 atom stereocenters. The van der Waals surface area contributed by atoms with E-state index in [2.05, 4.69) is 58.3 Å². The van der Waals surface area contributed by atoms with Crippen LogP contribution in [0.25, 0.3) is 22.0 Å². The fourth-order valence-corrected chi connectivity index (χ4v) is 6.53. The van der Waals surface area contributed by atoms with Crippen molar-refractivity contribution in [1.29, 1.82) is 0 Å². The molecule has 1 aliphatic heterocycles. The van der Waals surface area contributed by atoms with Crippen molar-refractivity contribution in [2.24, 2.45) is 11.8 Å². The van der Waals surface area contributed by atoms with Gasteiger partial charge in [0.15, 0.2) is 6.29 Å². The minimum absolute atomic E-state index is 0.0146. The molecule has 13 heteroatoms. The summed E-state index contributed by atoms with van der Waals surface area (Å²) in [6.07, 6.45) is 5.89. The molecule has 0 aliphatic carbocycles. The second-order valence-electron chi connectivity index (χ2n) is 12.0. The number of benzene rings is 2. The SMILES string of the molecule is CC(=O)NC1C(OCCCCCCCC(=O)CCC(=O)OP(F)P)OC(Cn2cc(-c3cccc4ccccc34)nn2)C(C)C1C. The molecule has 46 heavy (non-hydrogen) atoms. The number of amides is 1. The zero-order valence-corrected chi connectivity index (χ0v) is 28.8. The maximum absolute atomic E-state index is 12.7. The third kappa shape index (κ3) is 10.6. The quantitative estimate of drug-likeness (QED) is 0.121. The number of rotatable bonds is 17. The summed E-state index contributed by atoms with van der Waals surface area (Å²) in [6.45, 7) is 6.74. The van der Waals surface area contributed by atoms with Crippen LogP contribution in [0, 0.1) is 11.8 Å². The highest BCUT2D eigenvalue weighted by molar-refractivity contribution is 8.08. The van der Waals surface area contributed by atoms with Gasteiger partial charge >= 0.3 is 5.97 Å². The maximum Gasteiger partial charge on any atom is 0.311 e. The van der Waals surface area contributed by atoms with Gasteiger partial charge in [-0.25, -0.2) is 4.68 Å². The molecule has 1 saturated heterocycles. The Hall–Kier alpha value is -2.84. The molecule has 250 valence electrons. The molecular weight excluding hydrogens is 629 g/mol. The number of hydrogen-bond donors (Lipinski definition) is 1. The zero-order valence-electron chi connectivity index (χ0n) is 26.8. The first-order valence-corrected chi connectivity index (χ1v) is 18.7. The first kappa shape index (κ1) is 36.0. The van der Waals surface area contributed by atoms with Gasteiger partial charge in [-0.05, 0) is 44.4 Å². The van der Waals surface area contributed by atoms with Crippen molar-refractivity contribution in [2.75, 3.05) is 6.61 Å². The Morgan fingerprint density at radius 3 is 2.52 bits per heavy atom. The predicted molar refractivity (Wildman–Crippen MR) is 179 cm³/mol. The molecule has 10 nitrogen and oxygen atoms in total. The minimum Gasteiger partial charge on any atom is -0.410 e. The monoisotopic (exact) mass is 674 g/mol. The lowest BCUT2D eigenvalue weighted by Gasteiger charge is -2.44. The van der Waals surface area contributed by atoms with Gasteiger partial charge in [-0.1, -0.05) is 80.8 Å². The Labute approximate surface area is 273 Å². The van der Waals surface area contributed by atoms with Crippen LogP contribution in [0.3, 0.4) is 0 Å². The molecule has 1 fully saturated rings. The maximum atomic E-state index is 12.7. The third-order valence-corrected chi connectivity index (χ3v) is 9.30. The first-order chi connectivity index (χ1) is 22.1. The van der Waals surface area contributed by atoms with E-state index in [4.69, 9.17) is 9.47 Å². The molecule has 2 heterocycles. The predicted octanol–water partition coefficient (Wildman–Crippen LogP) is 6.92. The van der Waals surface area contributed by atoms with Gasteiger partial charge in [0.05, 0.1) is 31.3 Å². The Kier molecular flexibility index (Phi) is 14.0. The summed E-state index contributed by atoms with van der Waals surface area (Å²) in [5.74, 6) is -0.590. The van der Waals surface area contributed by atoms with E-state index in [9.17, 15) is 18.6 Å². The number of carbonyl (C=O) groups is 3. The molecule has 1 aromatic heterocycles. The van der Waals surface area contributed by atoms with Crippen LogP contribution in [-0.4, -0.2) is 57.7 Å². The summed E-state index contributed by atoms with van der Waals surface area (Å²) < 4.78 is 31.7. The number of hydrogen-bond acceptors (Lipinski definition) is 8. The van der Waals surface area contributed by atoms with Crippen molar-refractivity contribution in [1.82, 2.24) is 20.3 Å². The van der Waals surface area contributed by atoms with E-state index in [-0.39, 0.29) is 48.5 Å². The van der Waals surface area contributed by atoms with E-state index in [0.717, 1.165) is 54.1 Å². The van der Waals surface area contributed by atoms with Crippen LogP contribution in [0.5, 0.6) is 0 Å². The Balaban J connectivity index is 1.24. The van der Waals surface area contributed by atoms with E-state index in [1.807, 2.05) is 29.1 Å². The molecule has 0 saturated carbocycles. The smallest absolute Gasteiger partial charge is 0.311 e. The van der Waals surface area contributed by atoms with Crippen LogP contribution >= 0.6 is 17.1 Å². The molecule has 0 spiro atoms. The summed E-state index contributed by atoms with van der Waals surface area (Å²) in [5, 5.41) is 14.2. The highest BCUT2D eigenvalue weighted by atomic mass is 32.0. The van der Waals surface area contributed by atoms with Gasteiger partial charge < -0.3 is 19.3 Å². The van der Waals surface area contributed by atoms with Crippen molar-refractivity contribution in [3.8, 4) is 11.3 Å². The van der Waals surface area contributed by atoms with Crippen molar-refractivity contribution < 1.29 is 32.6 Å². The number of nitrogens with one attached hydrogen (secondary N) is 1. The number of Topliss-reactive ketones (excluding diaryl/α,β-unsaturated/α-hetero) is 1. The Morgan fingerprint density at radius 1 is 1.00 bits per heavy atom. The molecule has 0 radical (unpaired) electrons. The second-order valence-corrected chi connectivity index (χ2v) is 13.9. The number of ether oxygens (including phenoxy) is 2. The molecule has 1 amide bonds. The third-order valence-electron chi connectivity index (χ3n) is 8.60. The fraction of sp³-hybridized carbons (Fsp3) is 0.545. The molecule has 7 unspecified atom stereocenters. The fourth-order valence-electron chi connectivity index (χ4n) is 5.89. The van der Waals surface area contributed by atoms with Crippen LogP contribution in [0.15, 0.2) is 48.7 Å². The van der Waals surface area contributed by atoms with Crippen LogP contribution < -0.4 is 5.32 Å².